The molecule has 0 amide bonds. The second kappa shape index (κ2) is 8.18. The maximum Gasteiger partial charge on any atom is 0.119 e. The van der Waals surface area contributed by atoms with Crippen molar-refractivity contribution in [3.05, 3.63) is 63.6 Å². The van der Waals surface area contributed by atoms with Crippen molar-refractivity contribution in [1.82, 2.24) is 10.2 Å². The summed E-state index contributed by atoms with van der Waals surface area (Å²) in [4.78, 5) is 2.58. The predicted octanol–water partition coefficient (Wildman–Crippen LogP) is 4.76. The lowest BCUT2D eigenvalue weighted by Crippen LogP contribution is -2.55. The molecule has 0 saturated carbocycles. The van der Waals surface area contributed by atoms with Gasteiger partial charge in [-0.25, -0.2) is 0 Å². The van der Waals surface area contributed by atoms with E-state index in [4.69, 9.17) is 27.9 Å². The van der Waals surface area contributed by atoms with Gasteiger partial charge in [-0.1, -0.05) is 41.4 Å². The molecule has 5 heteroatoms. The van der Waals surface area contributed by atoms with Crippen molar-refractivity contribution in [3.63, 3.8) is 0 Å². The van der Waals surface area contributed by atoms with E-state index in [0.29, 0.717) is 22.7 Å². The smallest absolute Gasteiger partial charge is 0.119 e. The molecule has 138 valence electrons. The van der Waals surface area contributed by atoms with Crippen molar-refractivity contribution in [2.45, 2.75) is 32.0 Å². The van der Waals surface area contributed by atoms with Gasteiger partial charge >= 0.3 is 0 Å². The molecule has 26 heavy (non-hydrogen) atoms. The third-order valence-electron chi connectivity index (χ3n) is 5.56. The molecule has 3 saturated heterocycles. The molecule has 2 aromatic carbocycles. The number of fused-ring (bicyclic) bond motifs is 3. The Morgan fingerprint density at radius 1 is 1.04 bits per heavy atom. The van der Waals surface area contributed by atoms with E-state index in [1.54, 1.807) is 6.07 Å². The van der Waals surface area contributed by atoms with Crippen molar-refractivity contribution in [1.29, 1.82) is 0 Å². The molecule has 0 spiro atoms. The third-order valence-corrected chi connectivity index (χ3v) is 6.14. The number of hydrogen-bond donors (Lipinski definition) is 1. The van der Waals surface area contributed by atoms with Gasteiger partial charge in [0.15, 0.2) is 0 Å². The van der Waals surface area contributed by atoms with E-state index in [9.17, 15) is 0 Å². The molecule has 3 nitrogen and oxygen atoms in total. The molecule has 1 N–H and O–H groups in total. The number of benzene rings is 2. The van der Waals surface area contributed by atoms with Gasteiger partial charge in [-0.3, -0.25) is 0 Å². The van der Waals surface area contributed by atoms with Gasteiger partial charge in [-0.05, 0) is 61.7 Å². The summed E-state index contributed by atoms with van der Waals surface area (Å²) in [6.45, 7) is 5.12. The fourth-order valence-electron chi connectivity index (χ4n) is 3.95. The number of hydrogen-bond acceptors (Lipinski definition) is 3. The van der Waals surface area contributed by atoms with Crippen molar-refractivity contribution < 1.29 is 4.74 Å². The van der Waals surface area contributed by atoms with E-state index in [-0.39, 0.29) is 0 Å². The zero-order valence-electron chi connectivity index (χ0n) is 14.8. The van der Waals surface area contributed by atoms with E-state index in [0.717, 1.165) is 23.8 Å². The van der Waals surface area contributed by atoms with E-state index in [1.807, 2.05) is 24.3 Å². The topological polar surface area (TPSA) is 24.5 Å². The van der Waals surface area contributed by atoms with Crippen molar-refractivity contribution in [2.24, 2.45) is 5.92 Å². The summed E-state index contributed by atoms with van der Waals surface area (Å²) in [6.07, 6.45) is 2.69. The lowest BCUT2D eigenvalue weighted by molar-refractivity contribution is 0.0720. The Morgan fingerprint density at radius 2 is 1.81 bits per heavy atom. The SMILES string of the molecule is Clc1ccc(COc2ccc(CNC3CN4CCC3CC4)cc2)c(Cl)c1. The number of nitrogens with zero attached hydrogens (tertiary/aromatic N) is 1. The minimum absolute atomic E-state index is 0.438. The molecular weight excluding hydrogens is 367 g/mol. The first-order valence-corrected chi connectivity index (χ1v) is 10.0. The largest absolute Gasteiger partial charge is 0.489 e. The summed E-state index contributed by atoms with van der Waals surface area (Å²) in [5.74, 6) is 1.70. The van der Waals surface area contributed by atoms with Gasteiger partial charge in [-0.2, -0.15) is 0 Å². The van der Waals surface area contributed by atoms with E-state index in [2.05, 4.69) is 22.3 Å². The van der Waals surface area contributed by atoms with Gasteiger partial charge in [-0.15, -0.1) is 0 Å². The highest BCUT2D eigenvalue weighted by Gasteiger charge is 2.33. The van der Waals surface area contributed by atoms with Crippen LogP contribution in [0.4, 0.5) is 0 Å². The quantitative estimate of drug-likeness (QED) is 0.769. The maximum absolute atomic E-state index is 6.19. The highest BCUT2D eigenvalue weighted by atomic mass is 35.5. The van der Waals surface area contributed by atoms with Crippen molar-refractivity contribution in [3.8, 4) is 5.75 Å². The fraction of sp³-hybridized carbons (Fsp3) is 0.429. The molecule has 3 fully saturated rings. The molecular formula is C21H24Cl2N2O. The monoisotopic (exact) mass is 390 g/mol. The molecule has 1 unspecified atom stereocenters. The summed E-state index contributed by atoms with van der Waals surface area (Å²) in [5, 5.41) is 5.02. The van der Waals surface area contributed by atoms with Crippen LogP contribution in [0.1, 0.15) is 24.0 Å². The molecule has 3 aliphatic heterocycles. The summed E-state index contributed by atoms with van der Waals surface area (Å²) in [7, 11) is 0. The molecule has 3 aliphatic rings. The zero-order valence-corrected chi connectivity index (χ0v) is 16.3. The van der Waals surface area contributed by atoms with Gasteiger partial charge in [0.25, 0.3) is 0 Å². The number of nitrogens with one attached hydrogen (secondary N) is 1. The van der Waals surface area contributed by atoms with Crippen LogP contribution in [-0.4, -0.2) is 30.6 Å². The molecule has 1 atom stereocenters. The van der Waals surface area contributed by atoms with Crippen LogP contribution in [0.3, 0.4) is 0 Å². The summed E-state index contributed by atoms with van der Waals surface area (Å²) >= 11 is 12.1. The highest BCUT2D eigenvalue weighted by molar-refractivity contribution is 6.35. The van der Waals surface area contributed by atoms with Gasteiger partial charge in [0, 0.05) is 34.7 Å². The van der Waals surface area contributed by atoms with Crippen LogP contribution < -0.4 is 10.1 Å². The van der Waals surface area contributed by atoms with Crippen LogP contribution >= 0.6 is 23.2 Å². The average molecular weight is 391 g/mol. The number of piperidine rings is 3. The van der Waals surface area contributed by atoms with E-state index >= 15 is 0 Å². The third kappa shape index (κ3) is 4.34. The Balaban J connectivity index is 1.28. The molecule has 0 aliphatic carbocycles. The van der Waals surface area contributed by atoms with Gasteiger partial charge < -0.3 is 15.0 Å². The minimum atomic E-state index is 0.438. The van der Waals surface area contributed by atoms with E-state index in [1.165, 1.54) is 38.0 Å². The first-order chi connectivity index (χ1) is 12.7. The minimum Gasteiger partial charge on any atom is -0.489 e. The normalized spacial score (nSPS) is 24.6. The van der Waals surface area contributed by atoms with Crippen LogP contribution in [0.2, 0.25) is 10.0 Å². The van der Waals surface area contributed by atoms with Crippen molar-refractivity contribution >= 4 is 23.2 Å². The average Bonchev–Trinajstić information content (AvgIpc) is 2.67. The number of rotatable bonds is 6. The van der Waals surface area contributed by atoms with Crippen LogP contribution in [0.25, 0.3) is 0 Å². The zero-order chi connectivity index (χ0) is 17.9. The van der Waals surface area contributed by atoms with Gasteiger partial charge in [0.2, 0.25) is 0 Å². The van der Waals surface area contributed by atoms with Crippen LogP contribution in [0, 0.1) is 5.92 Å². The number of ether oxygens (including phenoxy) is 1. The molecule has 0 radical (unpaired) electrons. The molecule has 2 aromatic rings. The molecule has 5 rings (SSSR count). The fourth-order valence-corrected chi connectivity index (χ4v) is 4.41. The number of halogens is 2. The lowest BCUT2D eigenvalue weighted by Gasteiger charge is -2.45. The summed E-state index contributed by atoms with van der Waals surface area (Å²) in [6, 6.07) is 14.4. The Morgan fingerprint density at radius 3 is 2.46 bits per heavy atom. The Kier molecular flexibility index (Phi) is 5.70. The first-order valence-electron chi connectivity index (χ1n) is 9.29. The second-order valence-electron chi connectivity index (χ2n) is 7.29. The molecule has 2 bridgehead atoms. The van der Waals surface area contributed by atoms with Crippen LogP contribution in [-0.2, 0) is 13.2 Å². The first kappa shape index (κ1) is 18.1. The second-order valence-corrected chi connectivity index (χ2v) is 8.14. The molecule has 0 aromatic heterocycles. The highest BCUT2D eigenvalue weighted by Crippen LogP contribution is 2.28. The molecule has 3 heterocycles. The lowest BCUT2D eigenvalue weighted by atomic mass is 9.84. The van der Waals surface area contributed by atoms with Crippen LogP contribution in [0.15, 0.2) is 42.5 Å². The standard InChI is InChI=1S/C21H24Cl2N2O/c22-18-4-3-17(20(23)11-18)14-26-19-5-1-15(2-6-19)12-24-21-13-25-9-7-16(21)8-10-25/h1-6,11,16,21,24H,7-10,12-14H2. The van der Waals surface area contributed by atoms with Crippen LogP contribution in [0.5, 0.6) is 5.75 Å². The van der Waals surface area contributed by atoms with Crippen molar-refractivity contribution in [2.75, 3.05) is 19.6 Å². The van der Waals surface area contributed by atoms with E-state index < -0.39 is 0 Å². The predicted molar refractivity (Wildman–Crippen MR) is 107 cm³/mol. The Labute approximate surface area is 165 Å². The Hall–Kier alpha value is -1.26. The maximum atomic E-state index is 6.19. The van der Waals surface area contributed by atoms with Gasteiger partial charge in [0.05, 0.1) is 0 Å². The Bertz CT molecular complexity index is 742. The summed E-state index contributed by atoms with van der Waals surface area (Å²) < 4.78 is 5.85. The van der Waals surface area contributed by atoms with Gasteiger partial charge in [0.1, 0.15) is 12.4 Å². The summed E-state index contributed by atoms with van der Waals surface area (Å²) in [5.41, 5.74) is 2.22.